The molecule has 0 radical (unpaired) electrons. The third kappa shape index (κ3) is 2.03. The molecular weight excluding hydrogens is 272 g/mol. The molecule has 0 saturated carbocycles. The summed E-state index contributed by atoms with van der Waals surface area (Å²) in [5.41, 5.74) is 0.593. The summed E-state index contributed by atoms with van der Waals surface area (Å²) in [5, 5.41) is 27.6. The fourth-order valence-electron chi connectivity index (χ4n) is 2.10. The van der Waals surface area contributed by atoms with E-state index in [1.165, 1.54) is 18.2 Å². The van der Waals surface area contributed by atoms with Crippen molar-refractivity contribution in [3.63, 3.8) is 0 Å². The molecule has 0 bridgehead atoms. The predicted molar refractivity (Wildman–Crippen MR) is 64.5 cm³/mol. The summed E-state index contributed by atoms with van der Waals surface area (Å²) in [6.45, 7) is -0.763. The molecule has 6 nitrogen and oxygen atoms in total. The number of carbonyl (C=O) groups excluding carboxylic acids is 1. The Morgan fingerprint density at radius 3 is 2.79 bits per heavy atom. The first-order chi connectivity index (χ1) is 9.01. The number of carbonyl (C=O) groups is 2. The fraction of sp³-hybridized carbons (Fsp3) is 0.250. The van der Waals surface area contributed by atoms with E-state index in [2.05, 4.69) is 0 Å². The minimum atomic E-state index is -1.46. The van der Waals surface area contributed by atoms with Gasteiger partial charge in [0.1, 0.15) is 6.04 Å². The van der Waals surface area contributed by atoms with Crippen molar-refractivity contribution < 1.29 is 19.8 Å². The summed E-state index contributed by atoms with van der Waals surface area (Å²) in [6.07, 6.45) is 0. The van der Waals surface area contributed by atoms with E-state index in [9.17, 15) is 9.59 Å². The normalized spacial score (nSPS) is 18.9. The van der Waals surface area contributed by atoms with Crippen molar-refractivity contribution in [1.82, 2.24) is 4.90 Å². The summed E-state index contributed by atoms with van der Waals surface area (Å²) in [7, 11) is 0. The highest BCUT2D eigenvalue weighted by atomic mass is 35.5. The molecule has 1 amide bonds. The van der Waals surface area contributed by atoms with E-state index in [4.69, 9.17) is 27.1 Å². The molecule has 0 spiro atoms. The molecule has 1 aromatic carbocycles. The fourth-order valence-corrected chi connectivity index (χ4v) is 2.28. The van der Waals surface area contributed by atoms with Gasteiger partial charge in [-0.25, -0.2) is 4.79 Å². The lowest BCUT2D eigenvalue weighted by atomic mass is 10.1. The number of fused-ring (bicyclic) bond motifs is 1. The van der Waals surface area contributed by atoms with Gasteiger partial charge in [-0.15, -0.1) is 0 Å². The van der Waals surface area contributed by atoms with Gasteiger partial charge < -0.3 is 15.1 Å². The number of benzene rings is 1. The Labute approximate surface area is 113 Å². The van der Waals surface area contributed by atoms with Crippen molar-refractivity contribution in [3.05, 3.63) is 34.3 Å². The Hall–Kier alpha value is -2.10. The number of halogens is 1. The number of nitriles is 1. The maximum atomic E-state index is 12.1. The van der Waals surface area contributed by atoms with Crippen molar-refractivity contribution in [2.75, 3.05) is 6.61 Å². The van der Waals surface area contributed by atoms with Crippen LogP contribution in [0, 0.1) is 11.3 Å². The van der Waals surface area contributed by atoms with Crippen molar-refractivity contribution in [3.8, 4) is 6.07 Å². The van der Waals surface area contributed by atoms with Gasteiger partial charge in [-0.05, 0) is 18.2 Å². The number of carboxylic acids is 1. The topological polar surface area (TPSA) is 102 Å². The van der Waals surface area contributed by atoms with E-state index < -0.39 is 30.6 Å². The number of carboxylic acid groups (broad SMARTS) is 1. The molecule has 98 valence electrons. The van der Waals surface area contributed by atoms with E-state index in [1.807, 2.05) is 6.07 Å². The minimum Gasteiger partial charge on any atom is -0.480 e. The van der Waals surface area contributed by atoms with Crippen molar-refractivity contribution >= 4 is 23.5 Å². The molecule has 1 aliphatic heterocycles. The second-order valence-corrected chi connectivity index (χ2v) is 4.45. The molecule has 2 rings (SSSR count). The first-order valence-corrected chi connectivity index (χ1v) is 5.74. The van der Waals surface area contributed by atoms with Gasteiger partial charge in [0.25, 0.3) is 5.91 Å². The van der Waals surface area contributed by atoms with Crippen LogP contribution in [-0.4, -0.2) is 39.6 Å². The van der Waals surface area contributed by atoms with Crippen LogP contribution in [0.1, 0.15) is 22.0 Å². The molecular formula is C12H9ClN2O4. The summed E-state index contributed by atoms with van der Waals surface area (Å²) < 4.78 is 0. The van der Waals surface area contributed by atoms with Crippen molar-refractivity contribution in [2.45, 2.75) is 12.1 Å². The molecule has 1 heterocycles. The number of aliphatic hydroxyl groups excluding tert-OH is 1. The van der Waals surface area contributed by atoms with Gasteiger partial charge in [0.15, 0.2) is 6.04 Å². The van der Waals surface area contributed by atoms with Crippen LogP contribution in [0.15, 0.2) is 18.2 Å². The molecule has 2 atom stereocenters. The second kappa shape index (κ2) is 4.88. The summed E-state index contributed by atoms with van der Waals surface area (Å²) in [4.78, 5) is 24.1. The zero-order chi connectivity index (χ0) is 14.2. The Morgan fingerprint density at radius 1 is 1.58 bits per heavy atom. The number of hydrogen-bond donors (Lipinski definition) is 2. The maximum Gasteiger partial charge on any atom is 0.328 e. The van der Waals surface area contributed by atoms with Gasteiger partial charge in [-0.3, -0.25) is 4.79 Å². The molecule has 19 heavy (non-hydrogen) atoms. The standard InChI is InChI=1S/C12H9ClN2O4/c13-6-1-2-7-8(3-6)9(4-14)15(11(7)17)10(5-16)12(18)19/h1-3,9-10,16H,5H2,(H,18,19). The molecule has 0 aromatic heterocycles. The first kappa shape index (κ1) is 13.3. The molecule has 0 fully saturated rings. The molecule has 1 aliphatic rings. The Kier molecular flexibility index (Phi) is 3.42. The Bertz CT molecular complexity index is 596. The van der Waals surface area contributed by atoms with Crippen molar-refractivity contribution in [2.24, 2.45) is 0 Å². The molecule has 1 aromatic rings. The third-order valence-electron chi connectivity index (χ3n) is 2.97. The van der Waals surface area contributed by atoms with Crippen LogP contribution in [0.25, 0.3) is 0 Å². The van der Waals surface area contributed by atoms with Gasteiger partial charge in [-0.1, -0.05) is 11.6 Å². The van der Waals surface area contributed by atoms with Gasteiger partial charge in [-0.2, -0.15) is 5.26 Å². The first-order valence-electron chi connectivity index (χ1n) is 5.36. The summed E-state index contributed by atoms with van der Waals surface area (Å²) in [5.74, 6) is -1.96. The SMILES string of the molecule is N#CC1c2cc(Cl)ccc2C(=O)N1C(CO)C(=O)O. The van der Waals surface area contributed by atoms with E-state index in [0.717, 1.165) is 4.90 Å². The molecule has 0 aliphatic carbocycles. The zero-order valence-electron chi connectivity index (χ0n) is 9.58. The number of hydrogen-bond acceptors (Lipinski definition) is 4. The largest absolute Gasteiger partial charge is 0.480 e. The van der Waals surface area contributed by atoms with Crippen LogP contribution in [0.5, 0.6) is 0 Å². The number of nitrogens with zero attached hydrogens (tertiary/aromatic N) is 2. The highest BCUT2D eigenvalue weighted by Gasteiger charge is 2.43. The van der Waals surface area contributed by atoms with Gasteiger partial charge in [0, 0.05) is 16.1 Å². The highest BCUT2D eigenvalue weighted by Crippen LogP contribution is 2.36. The number of rotatable bonds is 3. The van der Waals surface area contributed by atoms with Crippen LogP contribution in [0.4, 0.5) is 0 Å². The monoisotopic (exact) mass is 280 g/mol. The maximum absolute atomic E-state index is 12.1. The number of aliphatic carboxylic acids is 1. The molecule has 0 saturated heterocycles. The Morgan fingerprint density at radius 2 is 2.26 bits per heavy atom. The van der Waals surface area contributed by atoms with Crippen LogP contribution >= 0.6 is 11.6 Å². The quantitative estimate of drug-likeness (QED) is 0.853. The third-order valence-corrected chi connectivity index (χ3v) is 3.20. The molecule has 2 unspecified atom stereocenters. The molecule has 2 N–H and O–H groups in total. The summed E-state index contributed by atoms with van der Waals surface area (Å²) in [6, 6.07) is 3.75. The average Bonchev–Trinajstić information content (AvgIpc) is 2.63. The number of amides is 1. The van der Waals surface area contributed by atoms with Crippen LogP contribution in [-0.2, 0) is 4.79 Å². The van der Waals surface area contributed by atoms with E-state index >= 15 is 0 Å². The molecule has 7 heteroatoms. The van der Waals surface area contributed by atoms with Crippen molar-refractivity contribution in [1.29, 1.82) is 5.26 Å². The smallest absolute Gasteiger partial charge is 0.328 e. The second-order valence-electron chi connectivity index (χ2n) is 4.01. The van der Waals surface area contributed by atoms with Gasteiger partial charge in [0.05, 0.1) is 12.7 Å². The zero-order valence-corrected chi connectivity index (χ0v) is 10.3. The van der Waals surface area contributed by atoms with Crippen LogP contribution in [0.3, 0.4) is 0 Å². The van der Waals surface area contributed by atoms with Crippen LogP contribution < -0.4 is 0 Å². The van der Waals surface area contributed by atoms with Crippen LogP contribution in [0.2, 0.25) is 5.02 Å². The lowest BCUT2D eigenvalue weighted by Gasteiger charge is -2.25. The minimum absolute atomic E-state index is 0.232. The average molecular weight is 281 g/mol. The lowest BCUT2D eigenvalue weighted by molar-refractivity contribution is -0.144. The van der Waals surface area contributed by atoms with E-state index in [1.54, 1.807) is 0 Å². The Balaban J connectivity index is 2.53. The predicted octanol–water partition coefficient (Wildman–Crippen LogP) is 0.806. The van der Waals surface area contributed by atoms with Gasteiger partial charge >= 0.3 is 5.97 Å². The number of aliphatic hydroxyl groups is 1. The van der Waals surface area contributed by atoms with E-state index in [0.29, 0.717) is 10.6 Å². The summed E-state index contributed by atoms with van der Waals surface area (Å²) >= 11 is 5.81. The van der Waals surface area contributed by atoms with Gasteiger partial charge in [0.2, 0.25) is 0 Å². The van der Waals surface area contributed by atoms with E-state index in [-0.39, 0.29) is 5.56 Å². The lowest BCUT2D eigenvalue weighted by Crippen LogP contribution is -2.45. The highest BCUT2D eigenvalue weighted by molar-refractivity contribution is 6.30.